The molecule has 1 aromatic heterocycles. The van der Waals surface area contributed by atoms with E-state index in [9.17, 15) is 14.4 Å². The molecule has 2 fully saturated rings. The zero-order valence-corrected chi connectivity index (χ0v) is 21.0. The summed E-state index contributed by atoms with van der Waals surface area (Å²) in [7, 11) is 1.64. The molecule has 5 rings (SSSR count). The molecule has 0 radical (unpaired) electrons. The number of fused-ring (bicyclic) bond motifs is 1. The van der Waals surface area contributed by atoms with Crippen molar-refractivity contribution >= 4 is 34.1 Å². The highest BCUT2D eigenvalue weighted by Crippen LogP contribution is 2.41. The lowest BCUT2D eigenvalue weighted by Gasteiger charge is -2.22. The average molecular weight is 498 g/mol. The number of rotatable bonds is 10. The van der Waals surface area contributed by atoms with Gasteiger partial charge >= 0.3 is 0 Å². The molecule has 3 amide bonds. The van der Waals surface area contributed by atoms with Crippen molar-refractivity contribution < 1.29 is 20.5 Å². The first kappa shape index (κ1) is 23.9. The molecule has 2 saturated carbocycles. The van der Waals surface area contributed by atoms with Gasteiger partial charge in [-0.15, -0.1) is 11.3 Å². The van der Waals surface area contributed by atoms with E-state index in [1.165, 1.54) is 11.3 Å². The van der Waals surface area contributed by atoms with Crippen LogP contribution < -0.4 is 20.7 Å². The number of methoxy groups -OCH3 is 1. The third-order valence-electron chi connectivity index (χ3n) is 7.16. The number of aryl methyl sites for hydroxylation is 1. The van der Waals surface area contributed by atoms with Gasteiger partial charge in [-0.3, -0.25) is 14.4 Å². The number of anilines is 1. The lowest BCUT2D eigenvalue weighted by molar-refractivity contribution is -0.125. The van der Waals surface area contributed by atoms with E-state index in [0.29, 0.717) is 36.0 Å². The normalized spacial score (nSPS) is 18.9. The monoisotopic (exact) mass is 497 g/mol. The summed E-state index contributed by atoms with van der Waals surface area (Å²) in [4.78, 5) is 39.8. The maximum atomic E-state index is 13.2. The highest BCUT2D eigenvalue weighted by Gasteiger charge is 2.35. The zero-order valence-electron chi connectivity index (χ0n) is 20.2. The SMILES string of the molecule is COc1ccc(CCNC(=O)C2CCc3sc(NC(=O)C4CC4)c(C(=O)NCC4CC4)c3C2)cc1.[HH]. The second-order valence-corrected chi connectivity index (χ2v) is 11.1. The largest absolute Gasteiger partial charge is 0.497 e. The first-order chi connectivity index (χ1) is 17.0. The summed E-state index contributed by atoms with van der Waals surface area (Å²) in [6.07, 6.45) is 6.93. The third-order valence-corrected chi connectivity index (χ3v) is 8.37. The van der Waals surface area contributed by atoms with Crippen LogP contribution in [0.25, 0.3) is 0 Å². The number of hydrogen-bond acceptors (Lipinski definition) is 5. The Hall–Kier alpha value is -2.87. The van der Waals surface area contributed by atoms with Crippen LogP contribution >= 0.6 is 11.3 Å². The zero-order chi connectivity index (χ0) is 24.4. The molecule has 0 spiro atoms. The first-order valence-corrected chi connectivity index (χ1v) is 13.5. The maximum Gasteiger partial charge on any atom is 0.254 e. The smallest absolute Gasteiger partial charge is 0.254 e. The van der Waals surface area contributed by atoms with Gasteiger partial charge in [0, 0.05) is 31.2 Å². The number of benzene rings is 1. The van der Waals surface area contributed by atoms with Crippen molar-refractivity contribution in [3.63, 3.8) is 0 Å². The molecule has 0 aliphatic heterocycles. The fourth-order valence-electron chi connectivity index (χ4n) is 4.61. The van der Waals surface area contributed by atoms with Crippen molar-refractivity contribution in [3.05, 3.63) is 45.8 Å². The molecule has 35 heavy (non-hydrogen) atoms. The summed E-state index contributed by atoms with van der Waals surface area (Å²) >= 11 is 1.51. The average Bonchev–Trinajstić information content (AvgIpc) is 3.79. The van der Waals surface area contributed by atoms with Crippen LogP contribution in [0.4, 0.5) is 5.00 Å². The summed E-state index contributed by atoms with van der Waals surface area (Å²) < 4.78 is 5.19. The molecule has 3 aliphatic carbocycles. The summed E-state index contributed by atoms with van der Waals surface area (Å²) in [6.45, 7) is 1.24. The van der Waals surface area contributed by atoms with Crippen LogP contribution in [0.15, 0.2) is 24.3 Å². The summed E-state index contributed by atoms with van der Waals surface area (Å²) in [5, 5.41) is 9.83. The summed E-state index contributed by atoms with van der Waals surface area (Å²) in [5.41, 5.74) is 2.66. The highest BCUT2D eigenvalue weighted by atomic mass is 32.1. The van der Waals surface area contributed by atoms with Gasteiger partial charge in [0.25, 0.3) is 5.91 Å². The minimum Gasteiger partial charge on any atom is -0.497 e. The van der Waals surface area contributed by atoms with E-state index < -0.39 is 0 Å². The van der Waals surface area contributed by atoms with Crippen LogP contribution in [-0.2, 0) is 28.9 Å². The Kier molecular flexibility index (Phi) is 7.09. The molecule has 7 nitrogen and oxygen atoms in total. The van der Waals surface area contributed by atoms with Crippen LogP contribution in [-0.4, -0.2) is 37.9 Å². The van der Waals surface area contributed by atoms with E-state index >= 15 is 0 Å². The predicted molar refractivity (Wildman–Crippen MR) is 138 cm³/mol. The molecule has 0 bridgehead atoms. The quantitative estimate of drug-likeness (QED) is 0.463. The lowest BCUT2D eigenvalue weighted by Crippen LogP contribution is -2.35. The molecule has 188 valence electrons. The van der Waals surface area contributed by atoms with Gasteiger partial charge in [-0.2, -0.15) is 0 Å². The fourth-order valence-corrected chi connectivity index (χ4v) is 5.85. The topological polar surface area (TPSA) is 96.5 Å². The van der Waals surface area contributed by atoms with Crippen LogP contribution in [0.2, 0.25) is 0 Å². The minimum atomic E-state index is -0.171. The van der Waals surface area contributed by atoms with Gasteiger partial charge < -0.3 is 20.7 Å². The Morgan fingerprint density at radius 3 is 2.46 bits per heavy atom. The van der Waals surface area contributed by atoms with Gasteiger partial charge in [0.05, 0.1) is 12.7 Å². The second kappa shape index (κ2) is 10.4. The van der Waals surface area contributed by atoms with Crippen molar-refractivity contribution in [1.29, 1.82) is 0 Å². The van der Waals surface area contributed by atoms with E-state index in [-0.39, 0.29) is 31.0 Å². The number of carbonyl (C=O) groups excluding carboxylic acids is 3. The molecular weight excluding hydrogens is 462 g/mol. The molecule has 8 heteroatoms. The third kappa shape index (κ3) is 5.86. The Balaban J connectivity index is 0.00000304. The first-order valence-electron chi connectivity index (χ1n) is 12.7. The van der Waals surface area contributed by atoms with Gasteiger partial charge in [-0.05, 0) is 80.5 Å². The fraction of sp³-hybridized carbons (Fsp3) is 0.519. The number of thiophene rings is 1. The number of amides is 3. The van der Waals surface area contributed by atoms with Crippen LogP contribution in [0.1, 0.15) is 59.9 Å². The number of carbonyl (C=O) groups is 3. The number of hydrogen-bond donors (Lipinski definition) is 3. The predicted octanol–water partition coefficient (Wildman–Crippen LogP) is 3.95. The molecule has 1 atom stereocenters. The Bertz CT molecular complexity index is 1110. The summed E-state index contributed by atoms with van der Waals surface area (Å²) in [5.74, 6) is 1.20. The Morgan fingerprint density at radius 1 is 1.00 bits per heavy atom. The van der Waals surface area contributed by atoms with E-state index in [4.69, 9.17) is 4.74 Å². The molecular formula is C27H35N3O4S. The van der Waals surface area contributed by atoms with Gasteiger partial charge in [0.1, 0.15) is 10.8 Å². The second-order valence-electron chi connectivity index (χ2n) is 9.95. The van der Waals surface area contributed by atoms with E-state index in [2.05, 4.69) is 16.0 Å². The van der Waals surface area contributed by atoms with Gasteiger partial charge in [0.15, 0.2) is 0 Å². The molecule has 1 heterocycles. The standard InChI is InChI=1S/C27H33N3O4S.H2/c1-34-20-9-4-16(5-10-20)12-13-28-24(31)19-8-11-22-21(14-19)23(26(33)29-15-17-2-3-17)27(35-22)30-25(32)18-6-7-18;/h4-5,9-10,17-19H,2-3,6-8,11-15H2,1H3,(H,28,31)(H,29,33)(H,30,32);1H. The Morgan fingerprint density at radius 2 is 1.77 bits per heavy atom. The van der Waals surface area contributed by atoms with Crippen LogP contribution in [0.5, 0.6) is 5.75 Å². The van der Waals surface area contributed by atoms with Gasteiger partial charge in [-0.1, -0.05) is 12.1 Å². The maximum absolute atomic E-state index is 13.2. The lowest BCUT2D eigenvalue weighted by atomic mass is 9.85. The van der Waals surface area contributed by atoms with Crippen LogP contribution in [0.3, 0.4) is 0 Å². The number of nitrogens with one attached hydrogen (secondary N) is 3. The van der Waals surface area contributed by atoms with E-state index in [1.54, 1.807) is 7.11 Å². The molecule has 1 aromatic carbocycles. The molecule has 3 N–H and O–H groups in total. The van der Waals surface area contributed by atoms with Crippen molar-refractivity contribution in [3.8, 4) is 5.75 Å². The van der Waals surface area contributed by atoms with Gasteiger partial charge in [-0.25, -0.2) is 0 Å². The molecule has 1 unspecified atom stereocenters. The van der Waals surface area contributed by atoms with Crippen molar-refractivity contribution in [2.45, 2.75) is 51.4 Å². The van der Waals surface area contributed by atoms with Crippen molar-refractivity contribution in [2.75, 3.05) is 25.5 Å². The van der Waals surface area contributed by atoms with Gasteiger partial charge in [0.2, 0.25) is 11.8 Å². The number of ether oxygens (including phenoxy) is 1. The molecule has 3 aliphatic rings. The van der Waals surface area contributed by atoms with E-state index in [0.717, 1.165) is 66.7 Å². The molecule has 2 aromatic rings. The summed E-state index contributed by atoms with van der Waals surface area (Å²) in [6, 6.07) is 7.86. The van der Waals surface area contributed by atoms with Crippen LogP contribution in [0, 0.1) is 17.8 Å². The molecule has 0 saturated heterocycles. The Labute approximate surface area is 211 Å². The highest BCUT2D eigenvalue weighted by molar-refractivity contribution is 7.17. The van der Waals surface area contributed by atoms with E-state index in [1.807, 2.05) is 24.3 Å². The minimum absolute atomic E-state index is 0. The van der Waals surface area contributed by atoms with Crippen molar-refractivity contribution in [1.82, 2.24) is 10.6 Å². The van der Waals surface area contributed by atoms with Crippen molar-refractivity contribution in [2.24, 2.45) is 17.8 Å².